The molecule has 0 saturated carbocycles. The molecule has 4 nitrogen and oxygen atoms in total. The van der Waals surface area contributed by atoms with E-state index in [0.717, 1.165) is 44.7 Å². The van der Waals surface area contributed by atoms with Crippen molar-refractivity contribution in [2.75, 3.05) is 32.7 Å². The third-order valence-corrected chi connectivity index (χ3v) is 3.65. The van der Waals surface area contributed by atoms with Crippen molar-refractivity contribution in [2.24, 2.45) is 5.73 Å². The number of rotatable bonds is 4. The van der Waals surface area contributed by atoms with Crippen molar-refractivity contribution >= 4 is 5.91 Å². The molecule has 19 heavy (non-hydrogen) atoms. The van der Waals surface area contributed by atoms with E-state index in [1.807, 2.05) is 35.2 Å². The SMILES string of the molecule is CCCN1CCN(C(=O)C(N)c2ccccc2)CC1. The lowest BCUT2D eigenvalue weighted by molar-refractivity contribution is -0.134. The first kappa shape index (κ1) is 14.0. The first-order chi connectivity index (χ1) is 9.22. The van der Waals surface area contributed by atoms with Crippen molar-refractivity contribution in [3.05, 3.63) is 35.9 Å². The first-order valence-corrected chi connectivity index (χ1v) is 7.04. The summed E-state index contributed by atoms with van der Waals surface area (Å²) in [5, 5.41) is 0. The van der Waals surface area contributed by atoms with E-state index < -0.39 is 6.04 Å². The molecule has 1 unspecified atom stereocenters. The van der Waals surface area contributed by atoms with Crippen LogP contribution in [-0.2, 0) is 4.79 Å². The molecule has 1 aliphatic rings. The Kier molecular flexibility index (Phi) is 4.93. The summed E-state index contributed by atoms with van der Waals surface area (Å²) < 4.78 is 0. The van der Waals surface area contributed by atoms with E-state index in [1.54, 1.807) is 0 Å². The van der Waals surface area contributed by atoms with Gasteiger partial charge in [-0.05, 0) is 18.5 Å². The lowest BCUT2D eigenvalue weighted by atomic mass is 10.1. The number of nitrogens with zero attached hydrogens (tertiary/aromatic N) is 2. The molecule has 104 valence electrons. The van der Waals surface area contributed by atoms with E-state index in [2.05, 4.69) is 11.8 Å². The second-order valence-electron chi connectivity index (χ2n) is 5.06. The Morgan fingerprint density at radius 2 is 1.84 bits per heavy atom. The van der Waals surface area contributed by atoms with Crippen LogP contribution in [0.2, 0.25) is 0 Å². The average molecular weight is 261 g/mol. The minimum atomic E-state index is -0.529. The highest BCUT2D eigenvalue weighted by Gasteiger charge is 2.25. The van der Waals surface area contributed by atoms with Crippen LogP contribution in [0.3, 0.4) is 0 Å². The number of carbonyl (C=O) groups is 1. The number of nitrogens with two attached hydrogens (primary N) is 1. The number of piperazine rings is 1. The van der Waals surface area contributed by atoms with Crippen LogP contribution in [0, 0.1) is 0 Å². The van der Waals surface area contributed by atoms with Gasteiger partial charge in [0, 0.05) is 26.2 Å². The van der Waals surface area contributed by atoms with Crippen LogP contribution in [0.4, 0.5) is 0 Å². The number of amides is 1. The van der Waals surface area contributed by atoms with Crippen molar-refractivity contribution in [3.63, 3.8) is 0 Å². The molecule has 1 aliphatic heterocycles. The normalized spacial score (nSPS) is 18.3. The van der Waals surface area contributed by atoms with Gasteiger partial charge in [0.2, 0.25) is 5.91 Å². The minimum absolute atomic E-state index is 0.0438. The maximum absolute atomic E-state index is 12.3. The van der Waals surface area contributed by atoms with Gasteiger partial charge in [0.05, 0.1) is 0 Å². The van der Waals surface area contributed by atoms with Crippen molar-refractivity contribution in [3.8, 4) is 0 Å². The van der Waals surface area contributed by atoms with Gasteiger partial charge in [0.15, 0.2) is 0 Å². The van der Waals surface area contributed by atoms with Crippen LogP contribution >= 0.6 is 0 Å². The molecule has 0 bridgehead atoms. The quantitative estimate of drug-likeness (QED) is 0.887. The predicted octanol–water partition coefficient (Wildman–Crippen LogP) is 1.24. The van der Waals surface area contributed by atoms with Gasteiger partial charge in [-0.1, -0.05) is 37.3 Å². The van der Waals surface area contributed by atoms with Gasteiger partial charge < -0.3 is 10.6 Å². The topological polar surface area (TPSA) is 49.6 Å². The van der Waals surface area contributed by atoms with E-state index in [1.165, 1.54) is 0 Å². The van der Waals surface area contributed by atoms with Crippen molar-refractivity contribution in [1.82, 2.24) is 9.80 Å². The summed E-state index contributed by atoms with van der Waals surface area (Å²) in [7, 11) is 0. The highest BCUT2D eigenvalue weighted by atomic mass is 16.2. The summed E-state index contributed by atoms with van der Waals surface area (Å²) in [6.45, 7) is 6.80. The van der Waals surface area contributed by atoms with Crippen molar-refractivity contribution in [1.29, 1.82) is 0 Å². The molecule has 1 saturated heterocycles. The van der Waals surface area contributed by atoms with Gasteiger partial charge in [-0.3, -0.25) is 9.69 Å². The predicted molar refractivity (Wildman–Crippen MR) is 76.7 cm³/mol. The van der Waals surface area contributed by atoms with E-state index >= 15 is 0 Å². The fraction of sp³-hybridized carbons (Fsp3) is 0.533. The molecule has 0 aromatic heterocycles. The number of hydrogen-bond donors (Lipinski definition) is 1. The summed E-state index contributed by atoms with van der Waals surface area (Å²) >= 11 is 0. The molecule has 1 fully saturated rings. The Morgan fingerprint density at radius 3 is 2.42 bits per heavy atom. The Balaban J connectivity index is 1.91. The van der Waals surface area contributed by atoms with Gasteiger partial charge in [-0.25, -0.2) is 0 Å². The van der Waals surface area contributed by atoms with Gasteiger partial charge in [-0.15, -0.1) is 0 Å². The highest BCUT2D eigenvalue weighted by molar-refractivity contribution is 5.83. The molecule has 0 aliphatic carbocycles. The van der Waals surface area contributed by atoms with Crippen LogP contribution in [-0.4, -0.2) is 48.4 Å². The van der Waals surface area contributed by atoms with E-state index in [-0.39, 0.29) is 5.91 Å². The zero-order valence-electron chi connectivity index (χ0n) is 11.6. The minimum Gasteiger partial charge on any atom is -0.338 e. The molecule has 4 heteroatoms. The summed E-state index contributed by atoms with van der Waals surface area (Å²) in [6, 6.07) is 9.07. The standard InChI is InChI=1S/C15H23N3O/c1-2-8-17-9-11-18(12-10-17)15(19)14(16)13-6-4-3-5-7-13/h3-7,14H,2,8-12,16H2,1H3. The van der Waals surface area contributed by atoms with Crippen LogP contribution < -0.4 is 5.73 Å². The summed E-state index contributed by atoms with van der Waals surface area (Å²) in [5.41, 5.74) is 6.95. The van der Waals surface area contributed by atoms with Crippen LogP contribution in [0.25, 0.3) is 0 Å². The first-order valence-electron chi connectivity index (χ1n) is 7.04. The van der Waals surface area contributed by atoms with Gasteiger partial charge in [0.1, 0.15) is 6.04 Å². The highest BCUT2D eigenvalue weighted by Crippen LogP contribution is 2.14. The Bertz CT molecular complexity index is 399. The molecule has 1 atom stereocenters. The summed E-state index contributed by atoms with van der Waals surface area (Å²) in [6.07, 6.45) is 1.16. The molecular weight excluding hydrogens is 238 g/mol. The fourth-order valence-electron chi connectivity index (χ4n) is 2.51. The smallest absolute Gasteiger partial charge is 0.244 e. The van der Waals surface area contributed by atoms with E-state index in [0.29, 0.717) is 0 Å². The third-order valence-electron chi connectivity index (χ3n) is 3.65. The molecule has 2 rings (SSSR count). The number of benzene rings is 1. The second kappa shape index (κ2) is 6.68. The van der Waals surface area contributed by atoms with E-state index in [9.17, 15) is 4.79 Å². The maximum atomic E-state index is 12.3. The van der Waals surface area contributed by atoms with Crippen molar-refractivity contribution < 1.29 is 4.79 Å². The monoisotopic (exact) mass is 261 g/mol. The molecule has 1 heterocycles. The van der Waals surface area contributed by atoms with E-state index in [4.69, 9.17) is 5.73 Å². The number of carbonyl (C=O) groups excluding carboxylic acids is 1. The lowest BCUT2D eigenvalue weighted by Gasteiger charge is -2.35. The van der Waals surface area contributed by atoms with Gasteiger partial charge in [-0.2, -0.15) is 0 Å². The zero-order chi connectivity index (χ0) is 13.7. The largest absolute Gasteiger partial charge is 0.338 e. The third kappa shape index (κ3) is 3.55. The second-order valence-corrected chi connectivity index (χ2v) is 5.06. The van der Waals surface area contributed by atoms with Gasteiger partial charge >= 0.3 is 0 Å². The van der Waals surface area contributed by atoms with Crippen molar-refractivity contribution in [2.45, 2.75) is 19.4 Å². The Morgan fingerprint density at radius 1 is 1.21 bits per heavy atom. The molecule has 1 aromatic carbocycles. The Hall–Kier alpha value is -1.39. The summed E-state index contributed by atoms with van der Waals surface area (Å²) in [5.74, 6) is 0.0438. The number of hydrogen-bond acceptors (Lipinski definition) is 3. The van der Waals surface area contributed by atoms with Crippen LogP contribution in [0.15, 0.2) is 30.3 Å². The molecule has 0 radical (unpaired) electrons. The average Bonchev–Trinajstić information content (AvgIpc) is 2.48. The summed E-state index contributed by atoms with van der Waals surface area (Å²) in [4.78, 5) is 16.6. The maximum Gasteiger partial charge on any atom is 0.244 e. The molecule has 1 amide bonds. The van der Waals surface area contributed by atoms with Crippen LogP contribution in [0.1, 0.15) is 24.9 Å². The molecule has 1 aromatic rings. The lowest BCUT2D eigenvalue weighted by Crippen LogP contribution is -2.51. The molecular formula is C15H23N3O. The Labute approximate surface area is 115 Å². The molecule has 0 spiro atoms. The zero-order valence-corrected chi connectivity index (χ0v) is 11.6. The molecule has 2 N–H and O–H groups in total. The van der Waals surface area contributed by atoms with Crippen LogP contribution in [0.5, 0.6) is 0 Å². The van der Waals surface area contributed by atoms with Gasteiger partial charge in [0.25, 0.3) is 0 Å². The fourth-order valence-corrected chi connectivity index (χ4v) is 2.51.